The number of imidazole rings is 1. The van der Waals surface area contributed by atoms with Gasteiger partial charge < -0.3 is 4.74 Å². The molecule has 5 heteroatoms. The van der Waals surface area contributed by atoms with Crippen LogP contribution < -0.4 is 9.30 Å². The highest BCUT2D eigenvalue weighted by atomic mass is 16.5. The zero-order valence-corrected chi connectivity index (χ0v) is 38.7. The average Bonchev–Trinajstić information content (AvgIpc) is 4.02. The van der Waals surface area contributed by atoms with Crippen LogP contribution in [-0.4, -0.2) is 14.1 Å². The van der Waals surface area contributed by atoms with Gasteiger partial charge in [-0.3, -0.25) is 13.7 Å². The summed E-state index contributed by atoms with van der Waals surface area (Å²) in [6, 6.07) is 47.7. The number of pyridine rings is 1. The van der Waals surface area contributed by atoms with Gasteiger partial charge in [-0.05, 0) is 128 Å². The van der Waals surface area contributed by atoms with Crippen molar-refractivity contribution in [2.45, 2.75) is 59.2 Å². The van der Waals surface area contributed by atoms with Crippen molar-refractivity contribution in [2.24, 2.45) is 0 Å². The number of hydrogen-bond acceptors (Lipinski definition) is 2. The largest absolute Gasteiger partial charge is 0.458 e. The molecular formula is C63H52N4O. The molecule has 0 atom stereocenters. The number of benzene rings is 8. The van der Waals surface area contributed by atoms with Gasteiger partial charge in [0.05, 0.1) is 40.3 Å². The second-order valence-corrected chi connectivity index (χ2v) is 19.7. The molecule has 8 aromatic carbocycles. The molecule has 12 rings (SSSR count). The summed E-state index contributed by atoms with van der Waals surface area (Å²) in [6.07, 6.45) is 5.64. The fourth-order valence-electron chi connectivity index (χ4n) is 9.98. The van der Waals surface area contributed by atoms with E-state index in [1.54, 1.807) is 12.1 Å². The zero-order valence-electron chi connectivity index (χ0n) is 46.7. The van der Waals surface area contributed by atoms with E-state index in [0.717, 1.165) is 61.1 Å². The fraction of sp³-hybridized carbons (Fsp3) is 0.143. The predicted molar refractivity (Wildman–Crippen MR) is 280 cm³/mol. The normalized spacial score (nSPS) is 14.2. The molecule has 0 amide bonds. The Kier molecular flexibility index (Phi) is 7.64. The van der Waals surface area contributed by atoms with Crippen molar-refractivity contribution in [2.75, 3.05) is 0 Å². The van der Waals surface area contributed by atoms with Crippen molar-refractivity contribution >= 4 is 32.8 Å². The SMILES string of the molecule is [2H]c1c([2H])c([2H])c(-c2cc3c4c(c2)n(-c2cccc(Oc5ccc6c7ccccc7n(-c7cc(C(C)(C)C)ccn7)c6c5)c2)[c-][n+]4-c2c(cc(C([2H])([2H])[2H])cc2C(C)(C)C)-c2ccccc2-c2ccccc2-3)c([2H])c1[2H]. The first-order chi connectivity index (χ1) is 36.2. The summed E-state index contributed by atoms with van der Waals surface area (Å²) in [7, 11) is 0. The molecule has 1 aliphatic rings. The Balaban J connectivity index is 1.13. The van der Waals surface area contributed by atoms with E-state index in [1.807, 2.05) is 125 Å². The lowest BCUT2D eigenvalue weighted by Gasteiger charge is -2.27. The summed E-state index contributed by atoms with van der Waals surface area (Å²) in [6.45, 7) is 10.4. The number of fused-ring (bicyclic) bond motifs is 10. The first-order valence-electron chi connectivity index (χ1n) is 27.0. The van der Waals surface area contributed by atoms with E-state index in [4.69, 9.17) is 17.9 Å². The monoisotopic (exact) mass is 888 g/mol. The standard InChI is InChI=1S/C63H52N4O/c1-40-32-53-49-24-13-11-22-47(49)48-23-12-14-25-50(48)54-34-42(41-18-9-8-10-19-41)35-58-61(54)66(60(53)55(33-40)63(5,6)7)39-65(58)44-20-17-21-45(37-44)68-46-28-29-52-51-26-15-16-27-56(51)67(57(52)38-46)59-36-43(30-31-64-59)62(2,3)4/h8-38H,1-7H3/i1D3,8D,9D,10D,18D,19D. The topological polar surface area (TPSA) is 35.9 Å². The van der Waals surface area contributed by atoms with E-state index in [2.05, 4.69) is 82.8 Å². The number of rotatable bonds is 5. The summed E-state index contributed by atoms with van der Waals surface area (Å²) in [5.41, 5.74) is 11.4. The molecule has 0 fully saturated rings. The highest BCUT2D eigenvalue weighted by molar-refractivity contribution is 6.09. The molecule has 0 spiro atoms. The average molecular weight is 889 g/mol. The third-order valence-corrected chi connectivity index (χ3v) is 13.2. The number of para-hydroxylation sites is 1. The molecule has 11 aromatic rings. The molecule has 0 N–H and O–H groups in total. The Hall–Kier alpha value is -8.02. The van der Waals surface area contributed by atoms with Crippen molar-refractivity contribution in [3.05, 3.63) is 211 Å². The van der Waals surface area contributed by atoms with E-state index in [9.17, 15) is 2.74 Å². The third kappa shape index (κ3) is 6.83. The first-order valence-corrected chi connectivity index (χ1v) is 23.0. The minimum Gasteiger partial charge on any atom is -0.458 e. The van der Waals surface area contributed by atoms with Crippen molar-refractivity contribution in [1.82, 2.24) is 14.1 Å². The summed E-state index contributed by atoms with van der Waals surface area (Å²) in [5.74, 6) is 1.95. The fourth-order valence-corrected chi connectivity index (χ4v) is 9.98. The van der Waals surface area contributed by atoms with Gasteiger partial charge in [-0.25, -0.2) is 4.98 Å². The second kappa shape index (κ2) is 15.5. The lowest BCUT2D eigenvalue weighted by atomic mass is 9.81. The van der Waals surface area contributed by atoms with Gasteiger partial charge in [0.2, 0.25) is 0 Å². The molecule has 0 saturated carbocycles. The molecule has 0 bridgehead atoms. The molecule has 1 aliphatic heterocycles. The van der Waals surface area contributed by atoms with Crippen LogP contribution in [0.4, 0.5) is 0 Å². The lowest BCUT2D eigenvalue weighted by Crippen LogP contribution is -2.35. The van der Waals surface area contributed by atoms with Crippen molar-refractivity contribution in [3.8, 4) is 73.2 Å². The molecule has 0 saturated heterocycles. The minimum absolute atomic E-state index is 0.0597. The van der Waals surface area contributed by atoms with Crippen LogP contribution in [0.15, 0.2) is 188 Å². The lowest BCUT2D eigenvalue weighted by molar-refractivity contribution is -0.572. The van der Waals surface area contributed by atoms with Crippen molar-refractivity contribution in [3.63, 3.8) is 0 Å². The Morgan fingerprint density at radius 3 is 2.00 bits per heavy atom. The van der Waals surface area contributed by atoms with Crippen LogP contribution >= 0.6 is 0 Å². The highest BCUT2D eigenvalue weighted by Gasteiger charge is 2.30. The maximum Gasteiger partial charge on any atom is 0.269 e. The predicted octanol–water partition coefficient (Wildman–Crippen LogP) is 15.9. The number of aromatic nitrogens is 4. The Labute approximate surface area is 409 Å². The Morgan fingerprint density at radius 1 is 0.574 bits per heavy atom. The van der Waals surface area contributed by atoms with E-state index in [0.29, 0.717) is 44.9 Å². The van der Waals surface area contributed by atoms with Crippen molar-refractivity contribution in [1.29, 1.82) is 0 Å². The molecule has 3 aromatic heterocycles. The van der Waals surface area contributed by atoms with E-state index in [-0.39, 0.29) is 28.6 Å². The second-order valence-electron chi connectivity index (χ2n) is 19.7. The number of ether oxygens (including phenoxy) is 1. The van der Waals surface area contributed by atoms with E-state index >= 15 is 0 Å². The Morgan fingerprint density at radius 2 is 1.26 bits per heavy atom. The molecule has 330 valence electrons. The molecule has 0 unspecified atom stereocenters. The molecule has 5 nitrogen and oxygen atoms in total. The number of hydrogen-bond donors (Lipinski definition) is 0. The van der Waals surface area contributed by atoms with Crippen LogP contribution in [0.3, 0.4) is 0 Å². The van der Waals surface area contributed by atoms with Crippen molar-refractivity contribution < 1.29 is 20.3 Å². The van der Waals surface area contributed by atoms with Gasteiger partial charge in [0.1, 0.15) is 17.3 Å². The van der Waals surface area contributed by atoms with Gasteiger partial charge in [0.25, 0.3) is 6.33 Å². The van der Waals surface area contributed by atoms with Gasteiger partial charge in [-0.1, -0.05) is 168 Å². The first kappa shape index (κ1) is 33.4. The quantitative estimate of drug-likeness (QED) is 0.127. The summed E-state index contributed by atoms with van der Waals surface area (Å²) in [5, 5.41) is 2.15. The summed E-state index contributed by atoms with van der Waals surface area (Å²) < 4.78 is 83.6. The maximum atomic E-state index is 9.22. The molecule has 0 aliphatic carbocycles. The van der Waals surface area contributed by atoms with Gasteiger partial charge in [0, 0.05) is 27.1 Å². The van der Waals surface area contributed by atoms with Crippen LogP contribution in [0, 0.1) is 13.2 Å². The van der Waals surface area contributed by atoms with Gasteiger partial charge >= 0.3 is 0 Å². The molecule has 4 heterocycles. The van der Waals surface area contributed by atoms with Crippen LogP contribution in [0.25, 0.3) is 94.5 Å². The molecular weight excluding hydrogens is 829 g/mol. The summed E-state index contributed by atoms with van der Waals surface area (Å²) >= 11 is 0. The zero-order chi connectivity index (χ0) is 53.3. The van der Waals surface area contributed by atoms with Crippen LogP contribution in [0.1, 0.15) is 69.2 Å². The minimum atomic E-state index is -2.43. The van der Waals surface area contributed by atoms with Gasteiger partial charge in [-0.2, -0.15) is 0 Å². The smallest absolute Gasteiger partial charge is 0.269 e. The van der Waals surface area contributed by atoms with Gasteiger partial charge in [-0.15, -0.1) is 0 Å². The van der Waals surface area contributed by atoms with Crippen LogP contribution in [0.5, 0.6) is 11.5 Å². The Bertz CT molecular complexity index is 4200. The number of aryl methyl sites for hydroxylation is 1. The molecule has 68 heavy (non-hydrogen) atoms. The third-order valence-electron chi connectivity index (χ3n) is 13.2. The number of nitrogens with zero attached hydrogens (tertiary/aromatic N) is 4. The maximum absolute atomic E-state index is 9.22. The van der Waals surface area contributed by atoms with Gasteiger partial charge in [0.15, 0.2) is 0 Å². The highest BCUT2D eigenvalue weighted by Crippen LogP contribution is 2.47. The van der Waals surface area contributed by atoms with Crippen LogP contribution in [-0.2, 0) is 10.8 Å². The van der Waals surface area contributed by atoms with E-state index in [1.165, 1.54) is 5.56 Å². The molecule has 0 radical (unpaired) electrons. The summed E-state index contributed by atoms with van der Waals surface area (Å²) in [4.78, 5) is 4.88. The van der Waals surface area contributed by atoms with Crippen LogP contribution in [0.2, 0.25) is 0 Å². The van der Waals surface area contributed by atoms with E-state index < -0.39 is 30.4 Å².